The molecule has 0 unspecified atom stereocenters. The Balaban J connectivity index is 3.09. The highest BCUT2D eigenvalue weighted by Crippen LogP contribution is 2.29. The lowest BCUT2D eigenvalue weighted by atomic mass is 10.5. The molecule has 0 amide bonds. The van der Waals surface area contributed by atoms with Crippen LogP contribution in [0, 0.1) is 0 Å². The van der Waals surface area contributed by atoms with Gasteiger partial charge in [0.05, 0.1) is 6.61 Å². The van der Waals surface area contributed by atoms with Crippen LogP contribution in [0.5, 0.6) is 0 Å². The zero-order valence-corrected chi connectivity index (χ0v) is 9.80. The van der Waals surface area contributed by atoms with Crippen LogP contribution in [0.3, 0.4) is 0 Å². The van der Waals surface area contributed by atoms with Crippen molar-refractivity contribution in [1.29, 1.82) is 0 Å². The molecule has 0 saturated carbocycles. The Morgan fingerprint density at radius 2 is 2.13 bits per heavy atom. The van der Waals surface area contributed by atoms with E-state index < -0.39 is 0 Å². The SMILES string of the molecule is CCOC(C)=Nc1c(N)nc(Cl)nc1Cl. The minimum Gasteiger partial charge on any atom is -0.481 e. The average molecular weight is 249 g/mol. The normalized spacial score (nSPS) is 11.6. The maximum atomic E-state index is 5.80. The second-order valence-electron chi connectivity index (χ2n) is 2.58. The Morgan fingerprint density at radius 3 is 2.67 bits per heavy atom. The third-order valence-corrected chi connectivity index (χ3v) is 1.90. The minimum absolute atomic E-state index is 0.00878. The number of aliphatic imine (C=N–C) groups is 1. The lowest BCUT2D eigenvalue weighted by Crippen LogP contribution is -2.00. The van der Waals surface area contributed by atoms with E-state index in [9.17, 15) is 0 Å². The molecule has 0 aliphatic carbocycles. The lowest BCUT2D eigenvalue weighted by Gasteiger charge is -2.04. The molecule has 82 valence electrons. The molecule has 0 aliphatic heterocycles. The van der Waals surface area contributed by atoms with E-state index in [0.29, 0.717) is 12.5 Å². The summed E-state index contributed by atoms with van der Waals surface area (Å²) >= 11 is 11.4. The van der Waals surface area contributed by atoms with Gasteiger partial charge in [0.15, 0.2) is 16.9 Å². The third kappa shape index (κ3) is 3.21. The van der Waals surface area contributed by atoms with E-state index in [4.69, 9.17) is 33.7 Å². The zero-order valence-electron chi connectivity index (χ0n) is 8.29. The molecule has 0 aromatic carbocycles. The molecule has 1 aromatic rings. The van der Waals surface area contributed by atoms with Gasteiger partial charge < -0.3 is 10.5 Å². The van der Waals surface area contributed by atoms with Crippen LogP contribution in [0.1, 0.15) is 13.8 Å². The Labute approximate surface area is 97.3 Å². The van der Waals surface area contributed by atoms with Gasteiger partial charge in [-0.3, -0.25) is 0 Å². The zero-order chi connectivity index (χ0) is 11.4. The van der Waals surface area contributed by atoms with Crippen molar-refractivity contribution < 1.29 is 4.74 Å². The Hall–Kier alpha value is -1.07. The van der Waals surface area contributed by atoms with Gasteiger partial charge in [-0.25, -0.2) is 9.98 Å². The van der Waals surface area contributed by atoms with Crippen LogP contribution in [0.4, 0.5) is 11.5 Å². The van der Waals surface area contributed by atoms with E-state index in [1.54, 1.807) is 6.92 Å². The first-order chi connectivity index (χ1) is 7.04. The quantitative estimate of drug-likeness (QED) is 0.378. The second kappa shape index (κ2) is 5.14. The van der Waals surface area contributed by atoms with Gasteiger partial charge in [0.25, 0.3) is 0 Å². The van der Waals surface area contributed by atoms with E-state index in [-0.39, 0.29) is 21.9 Å². The molecule has 1 aromatic heterocycles. The Kier molecular flexibility index (Phi) is 4.11. The summed E-state index contributed by atoms with van der Waals surface area (Å²) in [5.41, 5.74) is 5.85. The number of nitrogen functional groups attached to an aromatic ring is 1. The topological polar surface area (TPSA) is 73.4 Å². The van der Waals surface area contributed by atoms with Crippen LogP contribution in [0.25, 0.3) is 0 Å². The van der Waals surface area contributed by atoms with Gasteiger partial charge in [-0.05, 0) is 18.5 Å². The molecule has 0 saturated heterocycles. The molecule has 2 N–H and O–H groups in total. The van der Waals surface area contributed by atoms with Gasteiger partial charge in [-0.2, -0.15) is 4.98 Å². The van der Waals surface area contributed by atoms with E-state index in [1.165, 1.54) is 0 Å². The third-order valence-electron chi connectivity index (χ3n) is 1.46. The predicted molar refractivity (Wildman–Crippen MR) is 60.9 cm³/mol. The maximum Gasteiger partial charge on any atom is 0.225 e. The Morgan fingerprint density at radius 1 is 1.47 bits per heavy atom. The summed E-state index contributed by atoms with van der Waals surface area (Å²) in [5.74, 6) is 0.566. The number of halogens is 2. The fraction of sp³-hybridized carbons (Fsp3) is 0.375. The highest BCUT2D eigenvalue weighted by atomic mass is 35.5. The van der Waals surface area contributed by atoms with Crippen LogP contribution in [-0.2, 0) is 4.74 Å². The van der Waals surface area contributed by atoms with Gasteiger partial charge in [0, 0.05) is 6.92 Å². The molecule has 0 spiro atoms. The van der Waals surface area contributed by atoms with Crippen molar-refractivity contribution in [3.05, 3.63) is 10.4 Å². The van der Waals surface area contributed by atoms with Crippen molar-refractivity contribution in [3.8, 4) is 0 Å². The van der Waals surface area contributed by atoms with Gasteiger partial charge >= 0.3 is 0 Å². The molecule has 5 nitrogen and oxygen atoms in total. The predicted octanol–water partition coefficient (Wildman–Crippen LogP) is 2.45. The van der Waals surface area contributed by atoms with E-state index in [1.807, 2.05) is 6.92 Å². The van der Waals surface area contributed by atoms with E-state index in [0.717, 1.165) is 0 Å². The molecule has 15 heavy (non-hydrogen) atoms. The number of nitrogens with zero attached hydrogens (tertiary/aromatic N) is 3. The highest BCUT2D eigenvalue weighted by molar-refractivity contribution is 6.34. The molecule has 0 atom stereocenters. The summed E-state index contributed by atoms with van der Waals surface area (Å²) in [6, 6.07) is 0. The monoisotopic (exact) mass is 248 g/mol. The van der Waals surface area contributed by atoms with Gasteiger partial charge in [-0.15, -0.1) is 0 Å². The van der Waals surface area contributed by atoms with Crippen molar-refractivity contribution in [2.75, 3.05) is 12.3 Å². The first kappa shape index (κ1) is 12.0. The van der Waals surface area contributed by atoms with Crippen LogP contribution >= 0.6 is 23.2 Å². The number of hydrogen-bond donors (Lipinski definition) is 1. The molecule has 1 heterocycles. The Bertz CT molecular complexity index is 371. The first-order valence-electron chi connectivity index (χ1n) is 4.21. The van der Waals surface area contributed by atoms with Gasteiger partial charge in [-0.1, -0.05) is 11.6 Å². The van der Waals surface area contributed by atoms with Crippen LogP contribution in [0.15, 0.2) is 4.99 Å². The van der Waals surface area contributed by atoms with Gasteiger partial charge in [0.2, 0.25) is 5.28 Å². The summed E-state index contributed by atoms with van der Waals surface area (Å²) in [7, 11) is 0. The van der Waals surface area contributed by atoms with Crippen LogP contribution < -0.4 is 5.73 Å². The minimum atomic E-state index is -0.00878. The fourth-order valence-corrected chi connectivity index (χ4v) is 1.36. The van der Waals surface area contributed by atoms with Crippen molar-refractivity contribution in [2.24, 2.45) is 4.99 Å². The van der Waals surface area contributed by atoms with Crippen LogP contribution in [-0.4, -0.2) is 22.5 Å². The molecule has 0 bridgehead atoms. The van der Waals surface area contributed by atoms with Crippen molar-refractivity contribution in [2.45, 2.75) is 13.8 Å². The number of nitrogens with two attached hydrogens (primary N) is 1. The molecular weight excluding hydrogens is 239 g/mol. The summed E-state index contributed by atoms with van der Waals surface area (Å²) < 4.78 is 5.13. The van der Waals surface area contributed by atoms with E-state index >= 15 is 0 Å². The molecule has 7 heteroatoms. The number of anilines is 1. The number of rotatable bonds is 2. The van der Waals surface area contributed by atoms with Crippen LogP contribution in [0.2, 0.25) is 10.4 Å². The first-order valence-corrected chi connectivity index (χ1v) is 4.96. The smallest absolute Gasteiger partial charge is 0.225 e. The molecule has 0 fully saturated rings. The van der Waals surface area contributed by atoms with Crippen molar-refractivity contribution in [1.82, 2.24) is 9.97 Å². The maximum absolute atomic E-state index is 5.80. The summed E-state index contributed by atoms with van der Waals surface area (Å²) in [4.78, 5) is 11.5. The number of aromatic nitrogens is 2. The van der Waals surface area contributed by atoms with E-state index in [2.05, 4.69) is 15.0 Å². The standard InChI is InChI=1S/C8H10Cl2N4O/c1-3-15-4(2)12-5-6(9)13-8(10)14-7(5)11/h3H2,1-2H3,(H2,11,13,14). The lowest BCUT2D eigenvalue weighted by molar-refractivity contribution is 0.325. The fourth-order valence-electron chi connectivity index (χ4n) is 0.919. The van der Waals surface area contributed by atoms with Crippen molar-refractivity contribution in [3.63, 3.8) is 0 Å². The molecule has 0 aliphatic rings. The largest absolute Gasteiger partial charge is 0.481 e. The molecule has 0 radical (unpaired) electrons. The molecule has 1 rings (SSSR count). The average Bonchev–Trinajstić information content (AvgIpc) is 2.11. The summed E-state index contributed by atoms with van der Waals surface area (Å²) in [6.07, 6.45) is 0. The number of ether oxygens (including phenoxy) is 1. The summed E-state index contributed by atoms with van der Waals surface area (Å²) in [6.45, 7) is 4.05. The molecular formula is C8H10Cl2N4O. The van der Waals surface area contributed by atoms with Crippen molar-refractivity contribution >= 4 is 40.6 Å². The second-order valence-corrected chi connectivity index (χ2v) is 3.28. The summed E-state index contributed by atoms with van der Waals surface area (Å²) in [5, 5.41) is 0.0945. The highest BCUT2D eigenvalue weighted by Gasteiger charge is 2.09. The van der Waals surface area contributed by atoms with Gasteiger partial charge in [0.1, 0.15) is 5.69 Å². The number of hydrogen-bond acceptors (Lipinski definition) is 5.